The highest BCUT2D eigenvalue weighted by atomic mass is 79.9. The highest BCUT2D eigenvalue weighted by Crippen LogP contribution is 2.08. The summed E-state index contributed by atoms with van der Waals surface area (Å²) in [5, 5.41) is 8.36. The second kappa shape index (κ2) is 11.6. The predicted molar refractivity (Wildman–Crippen MR) is 73.7 cm³/mol. The molecule has 4 nitrogen and oxygen atoms in total. The van der Waals surface area contributed by atoms with Crippen LogP contribution >= 0.6 is 15.9 Å². The van der Waals surface area contributed by atoms with Crippen molar-refractivity contribution in [2.24, 2.45) is 0 Å². The van der Waals surface area contributed by atoms with E-state index in [1.54, 1.807) is 19.1 Å². The molecule has 0 saturated carbocycles. The summed E-state index contributed by atoms with van der Waals surface area (Å²) in [6.07, 6.45) is 0. The standard InChI is InChI=1S/C7H4BrN.C5H7NO2.CH4/c8-7-3-1-6(5-9)2-4-7;1-3-8-5(7)4-6-2;/h1-4H;3-4H2,1H3;1H4. The summed E-state index contributed by atoms with van der Waals surface area (Å²) in [6, 6.07) is 9.26. The zero-order valence-electron chi connectivity index (χ0n) is 9.31. The molecule has 0 atom stereocenters. The summed E-state index contributed by atoms with van der Waals surface area (Å²) >= 11 is 3.27. The SMILES string of the molecule is C.N#Cc1ccc(Br)cc1.[C-]#[N+]CC(=O)OCC. The molecule has 1 rings (SSSR count). The Morgan fingerprint density at radius 1 is 1.50 bits per heavy atom. The smallest absolute Gasteiger partial charge is 0.387 e. The second-order valence-corrected chi connectivity index (χ2v) is 3.66. The first-order valence-corrected chi connectivity index (χ1v) is 5.57. The average molecular weight is 311 g/mol. The van der Waals surface area contributed by atoms with Crippen molar-refractivity contribution in [2.45, 2.75) is 14.4 Å². The Morgan fingerprint density at radius 2 is 2.06 bits per heavy atom. The summed E-state index contributed by atoms with van der Waals surface area (Å²) < 4.78 is 5.43. The van der Waals surface area contributed by atoms with Crippen molar-refractivity contribution >= 4 is 21.9 Å². The van der Waals surface area contributed by atoms with Crippen LogP contribution in [0.15, 0.2) is 28.7 Å². The van der Waals surface area contributed by atoms with E-state index in [9.17, 15) is 4.79 Å². The van der Waals surface area contributed by atoms with Crippen LogP contribution in [0.1, 0.15) is 19.9 Å². The maximum Gasteiger partial charge on any atom is 0.387 e. The van der Waals surface area contributed by atoms with E-state index in [0.29, 0.717) is 12.2 Å². The Bertz CT molecular complexity index is 430. The minimum Gasteiger partial charge on any atom is -0.460 e. The third-order valence-corrected chi connectivity index (χ3v) is 2.02. The molecule has 0 unspecified atom stereocenters. The van der Waals surface area contributed by atoms with Crippen molar-refractivity contribution in [3.05, 3.63) is 45.7 Å². The predicted octanol–water partition coefficient (Wildman–Crippen LogP) is 3.43. The summed E-state index contributed by atoms with van der Waals surface area (Å²) in [5.74, 6) is -0.442. The fraction of sp³-hybridized carbons (Fsp3) is 0.308. The monoisotopic (exact) mass is 310 g/mol. The van der Waals surface area contributed by atoms with Crippen LogP contribution in [0.25, 0.3) is 4.85 Å². The van der Waals surface area contributed by atoms with Gasteiger partial charge in [-0.2, -0.15) is 5.26 Å². The minimum absolute atomic E-state index is 0. The van der Waals surface area contributed by atoms with Gasteiger partial charge in [-0.05, 0) is 31.2 Å². The number of halogens is 1. The van der Waals surface area contributed by atoms with Crippen LogP contribution in [0, 0.1) is 17.9 Å². The Labute approximate surface area is 116 Å². The normalized spacial score (nSPS) is 7.56. The summed E-state index contributed by atoms with van der Waals surface area (Å²) in [4.78, 5) is 13.0. The molecule has 5 heteroatoms. The van der Waals surface area contributed by atoms with Gasteiger partial charge in [0.05, 0.1) is 18.2 Å². The Balaban J connectivity index is 0. The number of nitriles is 1. The molecule has 96 valence electrons. The van der Waals surface area contributed by atoms with E-state index in [1.165, 1.54) is 0 Å². The number of carbonyl (C=O) groups excluding carboxylic acids is 1. The first-order valence-electron chi connectivity index (χ1n) is 4.78. The van der Waals surface area contributed by atoms with Crippen LogP contribution in [-0.2, 0) is 9.53 Å². The third kappa shape index (κ3) is 9.38. The third-order valence-electron chi connectivity index (χ3n) is 1.49. The number of benzene rings is 1. The maximum atomic E-state index is 10.2. The van der Waals surface area contributed by atoms with Crippen LogP contribution < -0.4 is 0 Å². The van der Waals surface area contributed by atoms with Crippen molar-refractivity contribution in [1.29, 1.82) is 5.26 Å². The van der Waals surface area contributed by atoms with Gasteiger partial charge in [0.2, 0.25) is 0 Å². The van der Waals surface area contributed by atoms with Gasteiger partial charge in [-0.1, -0.05) is 23.4 Å². The van der Waals surface area contributed by atoms with Crippen LogP contribution in [0.2, 0.25) is 0 Å². The van der Waals surface area contributed by atoms with Gasteiger partial charge in [0.1, 0.15) is 0 Å². The van der Waals surface area contributed by atoms with Gasteiger partial charge in [0, 0.05) is 4.47 Å². The van der Waals surface area contributed by atoms with Gasteiger partial charge in [0.25, 0.3) is 0 Å². The Hall–Kier alpha value is -1.85. The van der Waals surface area contributed by atoms with E-state index in [1.807, 2.05) is 18.2 Å². The van der Waals surface area contributed by atoms with Crippen LogP contribution in [0.3, 0.4) is 0 Å². The van der Waals surface area contributed by atoms with Gasteiger partial charge in [0.15, 0.2) is 0 Å². The topological polar surface area (TPSA) is 54.5 Å². The lowest BCUT2D eigenvalue weighted by Crippen LogP contribution is -2.05. The van der Waals surface area contributed by atoms with Crippen molar-refractivity contribution in [3.63, 3.8) is 0 Å². The molecule has 0 fully saturated rings. The van der Waals surface area contributed by atoms with Gasteiger partial charge in [-0.15, -0.1) is 0 Å². The molecule has 1 aromatic rings. The fourth-order valence-electron chi connectivity index (χ4n) is 0.796. The first kappa shape index (κ1) is 18.5. The van der Waals surface area contributed by atoms with Crippen LogP contribution in [0.4, 0.5) is 0 Å². The molecular weight excluding hydrogens is 296 g/mol. The van der Waals surface area contributed by atoms with E-state index in [-0.39, 0.29) is 14.0 Å². The maximum absolute atomic E-state index is 10.2. The van der Waals surface area contributed by atoms with E-state index in [2.05, 4.69) is 25.5 Å². The minimum atomic E-state index is -0.442. The van der Waals surface area contributed by atoms with E-state index < -0.39 is 5.97 Å². The quantitative estimate of drug-likeness (QED) is 0.621. The molecule has 0 amide bonds. The number of hydrogen-bond donors (Lipinski definition) is 0. The van der Waals surface area contributed by atoms with E-state index in [4.69, 9.17) is 11.8 Å². The Kier molecular flexibility index (Phi) is 12.0. The lowest BCUT2D eigenvalue weighted by Gasteiger charge is -1.90. The average Bonchev–Trinajstić information content (AvgIpc) is 2.32. The van der Waals surface area contributed by atoms with Gasteiger partial charge >= 0.3 is 12.5 Å². The molecule has 0 aromatic heterocycles. The molecule has 0 aliphatic heterocycles. The lowest BCUT2D eigenvalue weighted by molar-refractivity contribution is -0.140. The molecule has 0 bridgehead atoms. The number of esters is 1. The van der Waals surface area contributed by atoms with Crippen molar-refractivity contribution < 1.29 is 9.53 Å². The second-order valence-electron chi connectivity index (χ2n) is 2.74. The highest BCUT2D eigenvalue weighted by molar-refractivity contribution is 9.10. The van der Waals surface area contributed by atoms with E-state index >= 15 is 0 Å². The molecule has 1 aromatic carbocycles. The molecule has 0 saturated heterocycles. The molecule has 0 aliphatic rings. The molecule has 18 heavy (non-hydrogen) atoms. The van der Waals surface area contributed by atoms with Crippen LogP contribution in [-0.4, -0.2) is 19.1 Å². The number of carbonyl (C=O) groups is 1. The van der Waals surface area contributed by atoms with E-state index in [0.717, 1.165) is 4.47 Å². The van der Waals surface area contributed by atoms with Gasteiger partial charge < -0.3 is 9.58 Å². The number of nitrogens with zero attached hydrogens (tertiary/aromatic N) is 2. The Morgan fingerprint density at radius 3 is 2.44 bits per heavy atom. The zero-order valence-corrected chi connectivity index (χ0v) is 10.9. The summed E-state index contributed by atoms with van der Waals surface area (Å²) in [5.41, 5.74) is 0.693. The molecule has 0 aliphatic carbocycles. The fourth-order valence-corrected chi connectivity index (χ4v) is 1.06. The van der Waals surface area contributed by atoms with Crippen LogP contribution in [0.5, 0.6) is 0 Å². The summed E-state index contributed by atoms with van der Waals surface area (Å²) in [7, 11) is 0. The number of ether oxygens (including phenoxy) is 1. The largest absolute Gasteiger partial charge is 0.460 e. The van der Waals surface area contributed by atoms with Gasteiger partial charge in [-0.3, -0.25) is 0 Å². The van der Waals surface area contributed by atoms with Crippen molar-refractivity contribution in [3.8, 4) is 6.07 Å². The van der Waals surface area contributed by atoms with Crippen molar-refractivity contribution in [2.75, 3.05) is 13.2 Å². The molecule has 0 heterocycles. The zero-order chi connectivity index (χ0) is 13.1. The molecule has 0 radical (unpaired) electrons. The first-order chi connectivity index (χ1) is 8.13. The summed E-state index contributed by atoms with van der Waals surface area (Å²) in [6.45, 7) is 8.14. The number of hydrogen-bond acceptors (Lipinski definition) is 3. The number of rotatable bonds is 2. The molecular formula is C13H15BrN2O2. The lowest BCUT2D eigenvalue weighted by atomic mass is 10.2. The highest BCUT2D eigenvalue weighted by Gasteiger charge is 2.00. The molecule has 0 N–H and O–H groups in total. The van der Waals surface area contributed by atoms with Gasteiger partial charge in [-0.25, -0.2) is 11.4 Å². The van der Waals surface area contributed by atoms with Crippen molar-refractivity contribution in [1.82, 2.24) is 0 Å². The molecule has 0 spiro atoms.